The van der Waals surface area contributed by atoms with Crippen LogP contribution in [0.15, 0.2) is 71.6 Å². The third-order valence-corrected chi connectivity index (χ3v) is 8.07. The van der Waals surface area contributed by atoms with E-state index in [2.05, 4.69) is 20.3 Å². The number of hydrogen-bond donors (Lipinski definition) is 3. The number of carbonyl (C=O) groups is 2. The second-order valence-corrected chi connectivity index (χ2v) is 11.7. The van der Waals surface area contributed by atoms with Gasteiger partial charge in [-0.1, -0.05) is 35.3 Å². The smallest absolute Gasteiger partial charge is 0.262 e. The minimum Gasteiger partial charge on any atom is -0.454 e. The Kier molecular flexibility index (Phi) is 10.8. The molecule has 41 heavy (non-hydrogen) atoms. The van der Waals surface area contributed by atoms with Crippen LogP contribution in [0.25, 0.3) is 0 Å². The largest absolute Gasteiger partial charge is 0.454 e. The van der Waals surface area contributed by atoms with Crippen LogP contribution in [0.2, 0.25) is 10.0 Å². The Morgan fingerprint density at radius 1 is 0.927 bits per heavy atom. The maximum Gasteiger partial charge on any atom is 0.262 e. The van der Waals surface area contributed by atoms with Gasteiger partial charge in [0.1, 0.15) is 5.75 Å². The lowest BCUT2D eigenvalue weighted by molar-refractivity contribution is -0.120. The van der Waals surface area contributed by atoms with E-state index in [0.717, 1.165) is 39.3 Å². The fourth-order valence-electron chi connectivity index (χ4n) is 3.99. The first-order valence-electron chi connectivity index (χ1n) is 12.9. The number of ether oxygens (including phenoxy) is 2. The summed E-state index contributed by atoms with van der Waals surface area (Å²) >= 11 is 12.1. The average Bonchev–Trinajstić information content (AvgIpc) is 2.97. The number of nitrogens with zero attached hydrogens (tertiary/aromatic N) is 1. The Morgan fingerprint density at radius 2 is 1.66 bits per heavy atom. The molecular weight excluding hydrogens is 591 g/mol. The lowest BCUT2D eigenvalue weighted by Crippen LogP contribution is -2.40. The highest BCUT2D eigenvalue weighted by molar-refractivity contribution is 7.92. The van der Waals surface area contributed by atoms with Crippen LogP contribution in [0.1, 0.15) is 16.8 Å². The van der Waals surface area contributed by atoms with Crippen molar-refractivity contribution in [1.82, 2.24) is 15.5 Å². The van der Waals surface area contributed by atoms with Crippen molar-refractivity contribution in [2.24, 2.45) is 0 Å². The highest BCUT2D eigenvalue weighted by Crippen LogP contribution is 2.35. The Morgan fingerprint density at radius 3 is 2.39 bits per heavy atom. The molecule has 0 spiro atoms. The minimum atomic E-state index is -4.02. The molecule has 218 valence electrons. The van der Waals surface area contributed by atoms with Crippen LogP contribution < -0.4 is 20.1 Å². The molecule has 2 amide bonds. The lowest BCUT2D eigenvalue weighted by Gasteiger charge is -2.26. The van der Waals surface area contributed by atoms with Crippen LogP contribution in [0.4, 0.5) is 5.69 Å². The van der Waals surface area contributed by atoms with Gasteiger partial charge in [0, 0.05) is 30.2 Å². The van der Waals surface area contributed by atoms with Gasteiger partial charge in [-0.15, -0.1) is 0 Å². The first-order valence-corrected chi connectivity index (χ1v) is 15.1. The van der Waals surface area contributed by atoms with Crippen molar-refractivity contribution < 1.29 is 27.5 Å². The summed E-state index contributed by atoms with van der Waals surface area (Å²) in [7, 11) is -4.02. The van der Waals surface area contributed by atoms with Gasteiger partial charge in [-0.25, -0.2) is 8.42 Å². The van der Waals surface area contributed by atoms with E-state index in [4.69, 9.17) is 32.7 Å². The molecule has 0 radical (unpaired) electrons. The van der Waals surface area contributed by atoms with Crippen molar-refractivity contribution in [3.8, 4) is 11.5 Å². The molecule has 0 unspecified atom stereocenters. The van der Waals surface area contributed by atoms with E-state index in [1.165, 1.54) is 30.3 Å². The van der Waals surface area contributed by atoms with Gasteiger partial charge in [0.2, 0.25) is 5.91 Å². The zero-order valence-electron chi connectivity index (χ0n) is 22.1. The number of morpholine rings is 1. The molecule has 0 aromatic heterocycles. The number of benzene rings is 3. The molecular formula is C28H30Cl2N4O6S. The predicted octanol–water partition coefficient (Wildman–Crippen LogP) is 4.15. The van der Waals surface area contributed by atoms with Gasteiger partial charge in [-0.2, -0.15) is 0 Å². The number of anilines is 1. The molecule has 1 aliphatic rings. The third-order valence-electron chi connectivity index (χ3n) is 6.16. The molecule has 3 aromatic carbocycles. The zero-order chi connectivity index (χ0) is 29.2. The second kappa shape index (κ2) is 14.5. The summed E-state index contributed by atoms with van der Waals surface area (Å²) in [6, 6.07) is 16.6. The van der Waals surface area contributed by atoms with Crippen LogP contribution in [0.5, 0.6) is 11.5 Å². The molecule has 10 nitrogen and oxygen atoms in total. The molecule has 0 aliphatic carbocycles. The first kappa shape index (κ1) is 30.6. The molecule has 3 N–H and O–H groups in total. The zero-order valence-corrected chi connectivity index (χ0v) is 24.4. The number of halogens is 2. The normalized spacial score (nSPS) is 13.8. The number of amides is 2. The van der Waals surface area contributed by atoms with Gasteiger partial charge >= 0.3 is 0 Å². The van der Waals surface area contributed by atoms with Crippen molar-refractivity contribution in [3.05, 3.63) is 82.3 Å². The molecule has 3 aromatic rings. The summed E-state index contributed by atoms with van der Waals surface area (Å²) in [5, 5.41) is 6.04. The van der Waals surface area contributed by atoms with Gasteiger partial charge < -0.3 is 20.1 Å². The maximum absolute atomic E-state index is 13.1. The van der Waals surface area contributed by atoms with E-state index >= 15 is 0 Å². The quantitative estimate of drug-likeness (QED) is 0.260. The number of carbonyl (C=O) groups excluding carboxylic acids is 2. The van der Waals surface area contributed by atoms with Crippen molar-refractivity contribution in [1.29, 1.82) is 0 Å². The summed E-state index contributed by atoms with van der Waals surface area (Å²) in [4.78, 5) is 26.8. The van der Waals surface area contributed by atoms with Crippen molar-refractivity contribution >= 4 is 50.7 Å². The average molecular weight is 622 g/mol. The molecule has 1 saturated heterocycles. The number of sulfonamides is 1. The van der Waals surface area contributed by atoms with Crippen molar-refractivity contribution in [2.75, 3.05) is 50.7 Å². The number of para-hydroxylation sites is 2. The predicted molar refractivity (Wildman–Crippen MR) is 157 cm³/mol. The second-order valence-electron chi connectivity index (χ2n) is 9.14. The summed E-state index contributed by atoms with van der Waals surface area (Å²) in [6.07, 6.45) is 0.801. The van der Waals surface area contributed by atoms with Gasteiger partial charge in [-0.3, -0.25) is 19.2 Å². The first-order chi connectivity index (χ1) is 19.7. The topological polar surface area (TPSA) is 126 Å². The number of rotatable bonds is 12. The van der Waals surface area contributed by atoms with Crippen LogP contribution in [0.3, 0.4) is 0 Å². The monoisotopic (exact) mass is 620 g/mol. The van der Waals surface area contributed by atoms with Crippen LogP contribution in [-0.4, -0.2) is 71.1 Å². The van der Waals surface area contributed by atoms with Crippen LogP contribution in [-0.2, 0) is 19.6 Å². The van der Waals surface area contributed by atoms with Crippen LogP contribution in [0, 0.1) is 0 Å². The SMILES string of the molecule is O=C(CNC(=O)c1ccc(S(=O)(=O)Nc2ccccc2Oc2ccc(Cl)cc2Cl)cc1)NCCCN1CCOCC1. The van der Waals surface area contributed by atoms with E-state index in [9.17, 15) is 18.0 Å². The van der Waals surface area contributed by atoms with Gasteiger partial charge in [0.05, 0.1) is 35.4 Å². The molecule has 1 aliphatic heterocycles. The summed E-state index contributed by atoms with van der Waals surface area (Å²) in [6.45, 7) is 4.43. The third kappa shape index (κ3) is 9.07. The summed E-state index contributed by atoms with van der Waals surface area (Å²) in [5.41, 5.74) is 0.404. The van der Waals surface area contributed by atoms with Gasteiger partial charge in [0.15, 0.2) is 5.75 Å². The van der Waals surface area contributed by atoms with E-state index in [0.29, 0.717) is 17.3 Å². The fraction of sp³-hybridized carbons (Fsp3) is 0.286. The number of hydrogen-bond acceptors (Lipinski definition) is 7. The summed E-state index contributed by atoms with van der Waals surface area (Å²) in [5.74, 6) is -0.260. The van der Waals surface area contributed by atoms with Crippen molar-refractivity contribution in [2.45, 2.75) is 11.3 Å². The van der Waals surface area contributed by atoms with E-state index < -0.39 is 15.9 Å². The Labute approximate surface area is 249 Å². The molecule has 0 saturated carbocycles. The number of nitrogens with one attached hydrogen (secondary N) is 3. The maximum atomic E-state index is 13.1. The molecule has 0 atom stereocenters. The van der Waals surface area contributed by atoms with Gasteiger partial charge in [0.25, 0.3) is 15.9 Å². The van der Waals surface area contributed by atoms with E-state index in [1.54, 1.807) is 36.4 Å². The molecule has 1 fully saturated rings. The van der Waals surface area contributed by atoms with Crippen LogP contribution >= 0.6 is 23.2 Å². The highest BCUT2D eigenvalue weighted by atomic mass is 35.5. The Balaban J connectivity index is 1.28. The highest BCUT2D eigenvalue weighted by Gasteiger charge is 2.18. The fourth-order valence-corrected chi connectivity index (χ4v) is 5.50. The Hall–Kier alpha value is -3.35. The molecule has 13 heteroatoms. The molecule has 0 bridgehead atoms. The van der Waals surface area contributed by atoms with E-state index in [-0.39, 0.29) is 39.4 Å². The van der Waals surface area contributed by atoms with Crippen molar-refractivity contribution in [3.63, 3.8) is 0 Å². The standard InChI is InChI=1S/C28H30Cl2N4O6S/c29-21-8-11-25(23(30)18-21)40-26-5-2-1-4-24(26)33-41(37,38)22-9-6-20(7-10-22)28(36)32-19-27(35)31-12-3-13-34-14-16-39-17-15-34/h1-2,4-11,18,33H,3,12-17,19H2,(H,31,35)(H,32,36). The minimum absolute atomic E-state index is 0.0635. The van der Waals surface area contributed by atoms with Gasteiger partial charge in [-0.05, 0) is 67.6 Å². The Bertz CT molecular complexity index is 1460. The summed E-state index contributed by atoms with van der Waals surface area (Å²) < 4.78 is 39.8. The molecule has 1 heterocycles. The van der Waals surface area contributed by atoms with E-state index in [1.807, 2.05) is 0 Å². The lowest BCUT2D eigenvalue weighted by atomic mass is 10.2. The molecule has 4 rings (SSSR count).